The SMILES string of the molecule is CC(C)(CO)CCCNC(=O)CCc1ccc(Cl)cc1Cl. The van der Waals surface area contributed by atoms with E-state index in [1.807, 2.05) is 19.9 Å². The van der Waals surface area contributed by atoms with E-state index < -0.39 is 0 Å². The predicted octanol–water partition coefficient (Wildman–Crippen LogP) is 3.84. The number of aryl methyl sites for hydroxylation is 1. The largest absolute Gasteiger partial charge is 0.396 e. The minimum Gasteiger partial charge on any atom is -0.396 e. The van der Waals surface area contributed by atoms with Crippen molar-refractivity contribution in [1.82, 2.24) is 5.32 Å². The first-order chi connectivity index (χ1) is 9.84. The minimum absolute atomic E-state index is 0.0165. The predicted molar refractivity (Wildman–Crippen MR) is 87.9 cm³/mol. The number of rotatable bonds is 8. The number of carbonyl (C=O) groups is 1. The van der Waals surface area contributed by atoms with Gasteiger partial charge in [0, 0.05) is 29.6 Å². The average molecular weight is 332 g/mol. The lowest BCUT2D eigenvalue weighted by atomic mass is 9.89. The Hall–Kier alpha value is -0.770. The summed E-state index contributed by atoms with van der Waals surface area (Å²) in [5, 5.41) is 13.2. The Balaban J connectivity index is 2.25. The highest BCUT2D eigenvalue weighted by atomic mass is 35.5. The van der Waals surface area contributed by atoms with Gasteiger partial charge < -0.3 is 10.4 Å². The van der Waals surface area contributed by atoms with Crippen LogP contribution in [0.4, 0.5) is 0 Å². The number of nitrogens with one attached hydrogen (secondary N) is 1. The van der Waals surface area contributed by atoms with Gasteiger partial charge in [-0.05, 0) is 42.4 Å². The molecule has 0 saturated heterocycles. The Bertz CT molecular complexity index is 475. The normalized spacial score (nSPS) is 11.5. The zero-order valence-electron chi connectivity index (χ0n) is 12.6. The standard InChI is InChI=1S/C16H23Cl2NO2/c1-16(2,11-20)8-3-9-19-15(21)7-5-12-4-6-13(17)10-14(12)18/h4,6,10,20H,3,5,7-9,11H2,1-2H3,(H,19,21). The molecule has 2 N–H and O–H groups in total. The van der Waals surface area contributed by atoms with E-state index in [0.29, 0.717) is 29.4 Å². The van der Waals surface area contributed by atoms with Crippen LogP contribution in [0.25, 0.3) is 0 Å². The highest BCUT2D eigenvalue weighted by Gasteiger charge is 2.15. The highest BCUT2D eigenvalue weighted by Crippen LogP contribution is 2.22. The molecule has 1 aromatic carbocycles. The smallest absolute Gasteiger partial charge is 0.220 e. The monoisotopic (exact) mass is 331 g/mol. The Morgan fingerprint density at radius 3 is 2.67 bits per heavy atom. The molecule has 0 atom stereocenters. The molecule has 0 aliphatic heterocycles. The molecule has 0 aliphatic rings. The fourth-order valence-electron chi connectivity index (χ4n) is 1.93. The van der Waals surface area contributed by atoms with Crippen molar-refractivity contribution < 1.29 is 9.90 Å². The van der Waals surface area contributed by atoms with Crippen LogP contribution in [0.15, 0.2) is 18.2 Å². The lowest BCUT2D eigenvalue weighted by molar-refractivity contribution is -0.121. The van der Waals surface area contributed by atoms with Crippen LogP contribution in [-0.2, 0) is 11.2 Å². The van der Waals surface area contributed by atoms with Gasteiger partial charge in [-0.25, -0.2) is 0 Å². The van der Waals surface area contributed by atoms with Crippen molar-refractivity contribution in [3.63, 3.8) is 0 Å². The Kier molecular flexibility index (Phi) is 7.50. The van der Waals surface area contributed by atoms with Crippen molar-refractivity contribution in [2.75, 3.05) is 13.2 Å². The van der Waals surface area contributed by atoms with Crippen LogP contribution in [0.5, 0.6) is 0 Å². The van der Waals surface area contributed by atoms with E-state index in [0.717, 1.165) is 18.4 Å². The highest BCUT2D eigenvalue weighted by molar-refractivity contribution is 6.35. The van der Waals surface area contributed by atoms with E-state index in [9.17, 15) is 4.79 Å². The van der Waals surface area contributed by atoms with E-state index in [1.54, 1.807) is 12.1 Å². The summed E-state index contributed by atoms with van der Waals surface area (Å²) >= 11 is 11.9. The number of hydrogen-bond acceptors (Lipinski definition) is 2. The molecule has 1 aromatic rings. The van der Waals surface area contributed by atoms with E-state index in [-0.39, 0.29) is 17.9 Å². The summed E-state index contributed by atoms with van der Waals surface area (Å²) in [7, 11) is 0. The summed E-state index contributed by atoms with van der Waals surface area (Å²) in [5.41, 5.74) is 0.847. The van der Waals surface area contributed by atoms with Gasteiger partial charge in [0.15, 0.2) is 0 Å². The number of benzene rings is 1. The second-order valence-electron chi connectivity index (χ2n) is 6.01. The van der Waals surface area contributed by atoms with Crippen LogP contribution >= 0.6 is 23.2 Å². The molecule has 1 amide bonds. The first-order valence-electron chi connectivity index (χ1n) is 7.15. The molecule has 0 aromatic heterocycles. The molecular weight excluding hydrogens is 309 g/mol. The number of hydrogen-bond donors (Lipinski definition) is 2. The Morgan fingerprint density at radius 1 is 1.33 bits per heavy atom. The van der Waals surface area contributed by atoms with Crippen molar-refractivity contribution >= 4 is 29.1 Å². The second kappa shape index (κ2) is 8.62. The fraction of sp³-hybridized carbons (Fsp3) is 0.562. The third-order valence-corrected chi connectivity index (χ3v) is 4.00. The van der Waals surface area contributed by atoms with Gasteiger partial charge in [-0.3, -0.25) is 4.79 Å². The maximum Gasteiger partial charge on any atom is 0.220 e. The van der Waals surface area contributed by atoms with Crippen molar-refractivity contribution in [2.45, 2.75) is 39.5 Å². The molecule has 0 bridgehead atoms. The fourth-order valence-corrected chi connectivity index (χ4v) is 2.44. The van der Waals surface area contributed by atoms with Gasteiger partial charge in [-0.15, -0.1) is 0 Å². The molecule has 0 aliphatic carbocycles. The van der Waals surface area contributed by atoms with Crippen LogP contribution < -0.4 is 5.32 Å². The average Bonchev–Trinajstić information content (AvgIpc) is 2.43. The van der Waals surface area contributed by atoms with Crippen LogP contribution in [0, 0.1) is 5.41 Å². The number of halogens is 2. The Labute approximate surface area is 136 Å². The second-order valence-corrected chi connectivity index (χ2v) is 6.86. The summed E-state index contributed by atoms with van der Waals surface area (Å²) in [6, 6.07) is 5.31. The summed E-state index contributed by atoms with van der Waals surface area (Å²) in [5.74, 6) is 0.0165. The van der Waals surface area contributed by atoms with Crippen molar-refractivity contribution in [3.8, 4) is 0 Å². The third-order valence-electron chi connectivity index (χ3n) is 3.42. The number of carbonyl (C=O) groups excluding carboxylic acids is 1. The Morgan fingerprint density at radius 2 is 2.05 bits per heavy atom. The maximum atomic E-state index is 11.8. The van der Waals surface area contributed by atoms with Crippen molar-refractivity contribution in [1.29, 1.82) is 0 Å². The van der Waals surface area contributed by atoms with E-state index in [2.05, 4.69) is 5.32 Å². The van der Waals surface area contributed by atoms with E-state index in [4.69, 9.17) is 28.3 Å². The van der Waals surface area contributed by atoms with Gasteiger partial charge in [0.2, 0.25) is 5.91 Å². The molecule has 0 saturated carbocycles. The molecule has 0 unspecified atom stereocenters. The molecule has 21 heavy (non-hydrogen) atoms. The quantitative estimate of drug-likeness (QED) is 0.711. The first-order valence-corrected chi connectivity index (χ1v) is 7.91. The summed E-state index contributed by atoms with van der Waals surface area (Å²) in [6.07, 6.45) is 2.75. The number of amides is 1. The molecular formula is C16H23Cl2NO2. The topological polar surface area (TPSA) is 49.3 Å². The van der Waals surface area contributed by atoms with Gasteiger partial charge in [0.25, 0.3) is 0 Å². The summed E-state index contributed by atoms with van der Waals surface area (Å²) in [4.78, 5) is 11.8. The zero-order chi connectivity index (χ0) is 15.9. The number of aliphatic hydroxyl groups excluding tert-OH is 1. The van der Waals surface area contributed by atoms with Crippen molar-refractivity contribution in [3.05, 3.63) is 33.8 Å². The number of aliphatic hydroxyl groups is 1. The van der Waals surface area contributed by atoms with E-state index in [1.165, 1.54) is 0 Å². The molecule has 0 fully saturated rings. The lowest BCUT2D eigenvalue weighted by Gasteiger charge is -2.21. The molecule has 0 radical (unpaired) electrons. The van der Waals surface area contributed by atoms with Gasteiger partial charge in [0.05, 0.1) is 0 Å². The van der Waals surface area contributed by atoms with Crippen LogP contribution in [0.1, 0.15) is 38.7 Å². The summed E-state index contributed by atoms with van der Waals surface area (Å²) in [6.45, 7) is 4.82. The third kappa shape index (κ3) is 7.16. The molecule has 1 rings (SSSR count). The molecule has 3 nitrogen and oxygen atoms in total. The van der Waals surface area contributed by atoms with Gasteiger partial charge in [0.1, 0.15) is 0 Å². The lowest BCUT2D eigenvalue weighted by Crippen LogP contribution is -2.26. The molecule has 0 spiro atoms. The van der Waals surface area contributed by atoms with Crippen LogP contribution in [-0.4, -0.2) is 24.2 Å². The van der Waals surface area contributed by atoms with E-state index >= 15 is 0 Å². The van der Waals surface area contributed by atoms with Crippen molar-refractivity contribution in [2.24, 2.45) is 5.41 Å². The zero-order valence-corrected chi connectivity index (χ0v) is 14.1. The van der Waals surface area contributed by atoms with Crippen LogP contribution in [0.2, 0.25) is 10.0 Å². The molecule has 0 heterocycles. The molecule has 5 heteroatoms. The summed E-state index contributed by atoms with van der Waals surface area (Å²) < 4.78 is 0. The first kappa shape index (κ1) is 18.3. The minimum atomic E-state index is -0.0818. The van der Waals surface area contributed by atoms with Gasteiger partial charge in [-0.2, -0.15) is 0 Å². The van der Waals surface area contributed by atoms with Gasteiger partial charge >= 0.3 is 0 Å². The maximum absolute atomic E-state index is 11.8. The van der Waals surface area contributed by atoms with Crippen LogP contribution in [0.3, 0.4) is 0 Å². The van der Waals surface area contributed by atoms with Gasteiger partial charge in [-0.1, -0.05) is 43.1 Å². The molecule has 118 valence electrons.